The van der Waals surface area contributed by atoms with Crippen molar-refractivity contribution in [3.63, 3.8) is 0 Å². The Morgan fingerprint density at radius 1 is 0.759 bits per heavy atom. The number of rotatable bonds is 8. The lowest BCUT2D eigenvalue weighted by atomic mass is 10.0. The van der Waals surface area contributed by atoms with Crippen molar-refractivity contribution in [2.24, 2.45) is 0 Å². The highest BCUT2D eigenvalue weighted by molar-refractivity contribution is 5.90. The van der Waals surface area contributed by atoms with Crippen molar-refractivity contribution in [1.29, 1.82) is 0 Å². The highest BCUT2D eigenvalue weighted by Crippen LogP contribution is 2.19. The number of hydrogen-bond acceptors (Lipinski definition) is 3. The fourth-order valence-electron chi connectivity index (χ4n) is 2.77. The van der Waals surface area contributed by atoms with Crippen molar-refractivity contribution in [2.75, 3.05) is 6.54 Å². The van der Waals surface area contributed by atoms with E-state index in [1.807, 2.05) is 60.7 Å². The van der Waals surface area contributed by atoms with Crippen LogP contribution in [0.1, 0.15) is 11.1 Å². The van der Waals surface area contributed by atoms with Crippen molar-refractivity contribution >= 4 is 11.9 Å². The Balaban J connectivity index is 1.38. The minimum Gasteiger partial charge on any atom is -0.460 e. The summed E-state index contributed by atoms with van der Waals surface area (Å²) in [5, 5.41) is 2.54. The number of carbonyl (C=O) groups excluding carboxylic acids is 2. The Labute approximate surface area is 170 Å². The van der Waals surface area contributed by atoms with Crippen molar-refractivity contribution in [3.05, 3.63) is 108 Å². The Kier molecular flexibility index (Phi) is 7.35. The van der Waals surface area contributed by atoms with Crippen molar-refractivity contribution in [1.82, 2.24) is 5.32 Å². The van der Waals surface area contributed by atoms with E-state index in [0.717, 1.165) is 16.7 Å². The third kappa shape index (κ3) is 6.78. The van der Waals surface area contributed by atoms with E-state index in [0.29, 0.717) is 6.42 Å². The summed E-state index contributed by atoms with van der Waals surface area (Å²) in [5.41, 5.74) is 4.35. The van der Waals surface area contributed by atoms with Crippen LogP contribution in [0.25, 0.3) is 11.1 Å². The molecule has 0 atom stereocenters. The van der Waals surface area contributed by atoms with Gasteiger partial charge in [0.15, 0.2) is 0 Å². The van der Waals surface area contributed by atoms with Gasteiger partial charge in [-0.15, -0.1) is 0 Å². The van der Waals surface area contributed by atoms with E-state index in [2.05, 4.69) is 29.6 Å². The van der Waals surface area contributed by atoms with E-state index in [1.54, 1.807) is 6.08 Å². The monoisotopic (exact) mass is 385 g/mol. The molecule has 0 spiro atoms. The van der Waals surface area contributed by atoms with E-state index in [9.17, 15) is 9.59 Å². The summed E-state index contributed by atoms with van der Waals surface area (Å²) < 4.78 is 5.12. The molecular weight excluding hydrogens is 362 g/mol. The van der Waals surface area contributed by atoms with Crippen molar-refractivity contribution in [3.8, 4) is 11.1 Å². The molecule has 0 aliphatic rings. The van der Waals surface area contributed by atoms with Crippen molar-refractivity contribution < 1.29 is 14.3 Å². The molecule has 0 radical (unpaired) electrons. The van der Waals surface area contributed by atoms with E-state index in [1.165, 1.54) is 11.6 Å². The Morgan fingerprint density at radius 2 is 1.38 bits per heavy atom. The number of esters is 1. The van der Waals surface area contributed by atoms with Crippen LogP contribution in [0.2, 0.25) is 0 Å². The molecule has 29 heavy (non-hydrogen) atoms. The smallest absolute Gasteiger partial charge is 0.325 e. The summed E-state index contributed by atoms with van der Waals surface area (Å²) in [6.07, 6.45) is 3.86. The zero-order valence-electron chi connectivity index (χ0n) is 16.1. The molecule has 1 amide bonds. The van der Waals surface area contributed by atoms with Crippen LogP contribution in [0, 0.1) is 0 Å². The fraction of sp³-hybridized carbons (Fsp3) is 0.120. The van der Waals surface area contributed by atoms with Gasteiger partial charge >= 0.3 is 5.97 Å². The molecule has 0 aromatic heterocycles. The van der Waals surface area contributed by atoms with Crippen molar-refractivity contribution in [2.45, 2.75) is 13.0 Å². The average molecular weight is 385 g/mol. The Morgan fingerprint density at radius 3 is 2.07 bits per heavy atom. The molecule has 0 unspecified atom stereocenters. The minimum atomic E-state index is -0.466. The molecule has 0 saturated carbocycles. The molecule has 0 bridgehead atoms. The SMILES string of the molecule is O=C(C=CCc1ccc(-c2ccccc2)cc1)NCC(=O)OCc1ccccc1. The fourth-order valence-corrected chi connectivity index (χ4v) is 2.77. The van der Waals surface area contributed by atoms with E-state index >= 15 is 0 Å². The summed E-state index contributed by atoms with van der Waals surface area (Å²) in [7, 11) is 0. The van der Waals surface area contributed by atoms with Crippen LogP contribution >= 0.6 is 0 Å². The number of benzene rings is 3. The van der Waals surface area contributed by atoms with Crippen LogP contribution in [-0.4, -0.2) is 18.4 Å². The van der Waals surface area contributed by atoms with Crippen LogP contribution in [0.5, 0.6) is 0 Å². The normalized spacial score (nSPS) is 10.6. The number of ether oxygens (including phenoxy) is 1. The second-order valence-electron chi connectivity index (χ2n) is 6.53. The van der Waals surface area contributed by atoms with Gasteiger partial charge in [-0.05, 0) is 34.8 Å². The number of allylic oxidation sites excluding steroid dienone is 1. The van der Waals surface area contributed by atoms with E-state index in [-0.39, 0.29) is 19.1 Å². The van der Waals surface area contributed by atoms with Crippen LogP contribution in [0.15, 0.2) is 97.1 Å². The number of hydrogen-bond donors (Lipinski definition) is 1. The summed E-state index contributed by atoms with van der Waals surface area (Å²) in [6.45, 7) is 0.0478. The minimum absolute atomic E-state index is 0.151. The van der Waals surface area contributed by atoms with Gasteiger partial charge in [0.1, 0.15) is 13.2 Å². The molecule has 1 N–H and O–H groups in total. The molecular formula is C25H23NO3. The molecule has 3 aromatic carbocycles. The number of nitrogens with one attached hydrogen (secondary N) is 1. The number of amides is 1. The average Bonchev–Trinajstić information content (AvgIpc) is 2.78. The first-order valence-corrected chi connectivity index (χ1v) is 9.49. The van der Waals surface area contributed by atoms with Gasteiger partial charge in [0, 0.05) is 0 Å². The van der Waals surface area contributed by atoms with Crippen LogP contribution in [0.3, 0.4) is 0 Å². The van der Waals surface area contributed by atoms with Gasteiger partial charge in [0.05, 0.1) is 0 Å². The third-order valence-corrected chi connectivity index (χ3v) is 4.33. The summed E-state index contributed by atoms with van der Waals surface area (Å²) in [5.74, 6) is -0.783. The second kappa shape index (κ2) is 10.6. The van der Waals surface area contributed by atoms with Crippen LogP contribution < -0.4 is 5.32 Å². The van der Waals surface area contributed by atoms with Gasteiger partial charge in [-0.3, -0.25) is 9.59 Å². The zero-order chi connectivity index (χ0) is 20.3. The molecule has 0 aliphatic carbocycles. The third-order valence-electron chi connectivity index (χ3n) is 4.33. The van der Waals surface area contributed by atoms with Crippen LogP contribution in [-0.2, 0) is 27.4 Å². The largest absolute Gasteiger partial charge is 0.460 e. The van der Waals surface area contributed by atoms with E-state index < -0.39 is 5.97 Å². The lowest BCUT2D eigenvalue weighted by Gasteiger charge is -2.05. The molecule has 0 heterocycles. The lowest BCUT2D eigenvalue weighted by molar-refractivity contribution is -0.144. The van der Waals surface area contributed by atoms with E-state index in [4.69, 9.17) is 4.74 Å². The summed E-state index contributed by atoms with van der Waals surface area (Å²) in [6, 6.07) is 27.8. The van der Waals surface area contributed by atoms with Gasteiger partial charge in [0.25, 0.3) is 0 Å². The van der Waals surface area contributed by atoms with Gasteiger partial charge in [-0.2, -0.15) is 0 Å². The summed E-state index contributed by atoms with van der Waals surface area (Å²) >= 11 is 0. The first-order valence-electron chi connectivity index (χ1n) is 9.49. The molecule has 0 fully saturated rings. The van der Waals surface area contributed by atoms with Gasteiger partial charge in [0.2, 0.25) is 5.91 Å². The first kappa shape index (κ1) is 20.1. The topological polar surface area (TPSA) is 55.4 Å². The molecule has 0 saturated heterocycles. The summed E-state index contributed by atoms with van der Waals surface area (Å²) in [4.78, 5) is 23.5. The maximum Gasteiger partial charge on any atom is 0.325 e. The zero-order valence-corrected chi connectivity index (χ0v) is 16.1. The molecule has 3 aromatic rings. The maximum atomic E-state index is 11.8. The lowest BCUT2D eigenvalue weighted by Crippen LogP contribution is -2.29. The molecule has 0 aliphatic heterocycles. The Bertz CT molecular complexity index is 948. The van der Waals surface area contributed by atoms with Gasteiger partial charge in [-0.25, -0.2) is 0 Å². The highest BCUT2D eigenvalue weighted by Gasteiger charge is 2.05. The quantitative estimate of drug-likeness (QED) is 0.464. The van der Waals surface area contributed by atoms with Crippen LogP contribution in [0.4, 0.5) is 0 Å². The molecule has 146 valence electrons. The van der Waals surface area contributed by atoms with Gasteiger partial charge in [-0.1, -0.05) is 91.0 Å². The predicted octanol–water partition coefficient (Wildman–Crippen LogP) is 4.31. The molecule has 4 nitrogen and oxygen atoms in total. The standard InChI is InChI=1S/C25H23NO3/c27-24(26-18-25(28)29-19-21-8-3-1-4-9-21)13-7-10-20-14-16-23(17-15-20)22-11-5-2-6-12-22/h1-9,11-17H,10,18-19H2,(H,26,27). The molecule has 3 rings (SSSR count). The van der Waals surface area contributed by atoms with Gasteiger partial charge < -0.3 is 10.1 Å². The predicted molar refractivity (Wildman–Crippen MR) is 114 cm³/mol. The maximum absolute atomic E-state index is 11.8. The second-order valence-corrected chi connectivity index (χ2v) is 6.53. The first-order chi connectivity index (χ1) is 14.2. The highest BCUT2D eigenvalue weighted by atomic mass is 16.5. The molecule has 4 heteroatoms. The number of carbonyl (C=O) groups is 2. The Hall–Kier alpha value is -3.66.